The molecule has 0 aromatic heterocycles. The fourth-order valence-corrected chi connectivity index (χ4v) is 2.21. The molecule has 0 aliphatic heterocycles. The van der Waals surface area contributed by atoms with E-state index in [2.05, 4.69) is 24.4 Å². The molecule has 0 aliphatic rings. The summed E-state index contributed by atoms with van der Waals surface area (Å²) in [6.07, 6.45) is 3.60. The molecule has 3 N–H and O–H groups in total. The van der Waals surface area contributed by atoms with Crippen LogP contribution < -0.4 is 11.1 Å². The molecular weight excluding hydrogens is 244 g/mol. The summed E-state index contributed by atoms with van der Waals surface area (Å²) in [7, 11) is 0. The Morgan fingerprint density at radius 3 is 2.83 bits per heavy atom. The summed E-state index contributed by atoms with van der Waals surface area (Å²) < 4.78 is 0. The van der Waals surface area contributed by atoms with Gasteiger partial charge in [0.15, 0.2) is 0 Å². The quantitative estimate of drug-likeness (QED) is 0.790. The lowest BCUT2D eigenvalue weighted by molar-refractivity contribution is -0.122. The third-order valence-electron chi connectivity index (χ3n) is 2.92. The summed E-state index contributed by atoms with van der Waals surface area (Å²) in [4.78, 5) is 11.7. The van der Waals surface area contributed by atoms with Crippen molar-refractivity contribution in [3.63, 3.8) is 0 Å². The molecule has 100 valence electrons. The minimum atomic E-state index is -0.380. The van der Waals surface area contributed by atoms with Gasteiger partial charge in [0.05, 0.1) is 6.04 Å². The lowest BCUT2D eigenvalue weighted by Crippen LogP contribution is -2.41. The number of aryl methyl sites for hydroxylation is 1. The maximum atomic E-state index is 11.7. The van der Waals surface area contributed by atoms with Gasteiger partial charge in [-0.2, -0.15) is 11.8 Å². The van der Waals surface area contributed by atoms with E-state index in [1.54, 1.807) is 11.8 Å². The molecule has 0 saturated heterocycles. The predicted octanol–water partition coefficient (Wildman–Crippen LogP) is 1.73. The van der Waals surface area contributed by atoms with E-state index in [0.717, 1.165) is 18.6 Å². The second-order valence-corrected chi connectivity index (χ2v) is 5.34. The Kier molecular flexibility index (Phi) is 6.83. The molecule has 18 heavy (non-hydrogen) atoms. The van der Waals surface area contributed by atoms with Crippen LogP contribution in [0.25, 0.3) is 0 Å². The van der Waals surface area contributed by atoms with Crippen molar-refractivity contribution in [1.82, 2.24) is 5.32 Å². The Bertz CT molecular complexity index is 382. The van der Waals surface area contributed by atoms with Gasteiger partial charge in [0, 0.05) is 6.54 Å². The third kappa shape index (κ3) is 5.10. The van der Waals surface area contributed by atoms with Crippen molar-refractivity contribution in [3.05, 3.63) is 35.4 Å². The maximum Gasteiger partial charge on any atom is 0.236 e. The van der Waals surface area contributed by atoms with Gasteiger partial charge in [0.1, 0.15) is 0 Å². The van der Waals surface area contributed by atoms with E-state index in [1.807, 2.05) is 18.4 Å². The van der Waals surface area contributed by atoms with Gasteiger partial charge in [0.25, 0.3) is 0 Å². The zero-order valence-corrected chi connectivity index (χ0v) is 11.9. The van der Waals surface area contributed by atoms with Crippen molar-refractivity contribution < 1.29 is 4.79 Å². The average molecular weight is 266 g/mol. The van der Waals surface area contributed by atoms with Crippen LogP contribution in [0.3, 0.4) is 0 Å². The van der Waals surface area contributed by atoms with Gasteiger partial charge >= 0.3 is 0 Å². The normalized spacial score (nSPS) is 12.2. The number of thioether (sulfide) groups is 1. The van der Waals surface area contributed by atoms with Crippen LogP contribution in [-0.2, 0) is 11.2 Å². The van der Waals surface area contributed by atoms with E-state index in [0.29, 0.717) is 6.54 Å². The smallest absolute Gasteiger partial charge is 0.236 e. The SMILES string of the molecule is CSCC[C@H](N)C(=O)NCCc1ccccc1C. The number of rotatable bonds is 7. The van der Waals surface area contributed by atoms with Crippen molar-refractivity contribution >= 4 is 17.7 Å². The van der Waals surface area contributed by atoms with Crippen LogP contribution in [0.4, 0.5) is 0 Å². The topological polar surface area (TPSA) is 55.1 Å². The number of nitrogens with one attached hydrogen (secondary N) is 1. The molecule has 1 amide bonds. The second-order valence-electron chi connectivity index (χ2n) is 4.36. The monoisotopic (exact) mass is 266 g/mol. The first kappa shape index (κ1) is 15.1. The molecule has 0 unspecified atom stereocenters. The predicted molar refractivity (Wildman–Crippen MR) is 78.9 cm³/mol. The average Bonchev–Trinajstić information content (AvgIpc) is 2.38. The van der Waals surface area contributed by atoms with E-state index < -0.39 is 0 Å². The lowest BCUT2D eigenvalue weighted by Gasteiger charge is -2.12. The van der Waals surface area contributed by atoms with Gasteiger partial charge in [-0.15, -0.1) is 0 Å². The summed E-state index contributed by atoms with van der Waals surface area (Å²) in [6.45, 7) is 2.73. The molecule has 0 bridgehead atoms. The van der Waals surface area contributed by atoms with Crippen LogP contribution in [-0.4, -0.2) is 30.5 Å². The minimum absolute atomic E-state index is 0.0439. The van der Waals surface area contributed by atoms with Gasteiger partial charge in [-0.3, -0.25) is 4.79 Å². The van der Waals surface area contributed by atoms with Crippen molar-refractivity contribution in [2.75, 3.05) is 18.6 Å². The third-order valence-corrected chi connectivity index (χ3v) is 3.57. The highest BCUT2D eigenvalue weighted by Crippen LogP contribution is 2.06. The van der Waals surface area contributed by atoms with E-state index in [-0.39, 0.29) is 11.9 Å². The van der Waals surface area contributed by atoms with Crippen molar-refractivity contribution in [2.45, 2.75) is 25.8 Å². The molecule has 3 nitrogen and oxygen atoms in total. The zero-order chi connectivity index (χ0) is 13.4. The highest BCUT2D eigenvalue weighted by molar-refractivity contribution is 7.98. The van der Waals surface area contributed by atoms with Crippen molar-refractivity contribution in [2.24, 2.45) is 5.73 Å². The Morgan fingerprint density at radius 1 is 1.44 bits per heavy atom. The molecule has 0 aliphatic carbocycles. The number of carbonyl (C=O) groups excluding carboxylic acids is 1. The Morgan fingerprint density at radius 2 is 2.17 bits per heavy atom. The standard InChI is InChI=1S/C14H22N2OS/c1-11-5-3-4-6-12(11)7-9-16-14(17)13(15)8-10-18-2/h3-6,13H,7-10,15H2,1-2H3,(H,16,17)/t13-/m0/s1. The summed E-state index contributed by atoms with van der Waals surface area (Å²) >= 11 is 1.71. The van der Waals surface area contributed by atoms with Gasteiger partial charge in [0.2, 0.25) is 5.91 Å². The molecule has 0 radical (unpaired) electrons. The largest absolute Gasteiger partial charge is 0.354 e. The summed E-state index contributed by atoms with van der Waals surface area (Å²) in [5.74, 6) is 0.879. The van der Waals surface area contributed by atoms with Crippen molar-refractivity contribution in [3.8, 4) is 0 Å². The van der Waals surface area contributed by atoms with Gasteiger partial charge in [-0.05, 0) is 42.9 Å². The fourth-order valence-electron chi connectivity index (χ4n) is 1.72. The fraction of sp³-hybridized carbons (Fsp3) is 0.500. The Hall–Kier alpha value is -1.00. The summed E-state index contributed by atoms with van der Waals surface area (Å²) in [5, 5.41) is 2.89. The van der Waals surface area contributed by atoms with Gasteiger partial charge < -0.3 is 11.1 Å². The first-order valence-electron chi connectivity index (χ1n) is 6.22. The van der Waals surface area contributed by atoms with Crippen LogP contribution in [0.2, 0.25) is 0 Å². The molecule has 0 saturated carbocycles. The number of amides is 1. The van der Waals surface area contributed by atoms with E-state index >= 15 is 0 Å². The van der Waals surface area contributed by atoms with E-state index in [9.17, 15) is 4.79 Å². The minimum Gasteiger partial charge on any atom is -0.354 e. The van der Waals surface area contributed by atoms with E-state index in [4.69, 9.17) is 5.73 Å². The lowest BCUT2D eigenvalue weighted by atomic mass is 10.1. The number of hydrogen-bond acceptors (Lipinski definition) is 3. The Balaban J connectivity index is 2.29. The van der Waals surface area contributed by atoms with Gasteiger partial charge in [-0.25, -0.2) is 0 Å². The number of nitrogens with two attached hydrogens (primary N) is 1. The first-order chi connectivity index (χ1) is 8.65. The molecule has 1 aromatic carbocycles. The molecule has 1 atom stereocenters. The molecule has 0 spiro atoms. The van der Waals surface area contributed by atoms with Crippen LogP contribution >= 0.6 is 11.8 Å². The first-order valence-corrected chi connectivity index (χ1v) is 7.61. The number of carbonyl (C=O) groups is 1. The molecule has 0 fully saturated rings. The second kappa shape index (κ2) is 8.16. The number of hydrogen-bond donors (Lipinski definition) is 2. The van der Waals surface area contributed by atoms with Crippen LogP contribution in [0.15, 0.2) is 24.3 Å². The Labute approximate surface area is 114 Å². The molecule has 1 aromatic rings. The van der Waals surface area contributed by atoms with E-state index in [1.165, 1.54) is 11.1 Å². The summed E-state index contributed by atoms with van der Waals surface area (Å²) in [6, 6.07) is 7.84. The highest BCUT2D eigenvalue weighted by atomic mass is 32.2. The van der Waals surface area contributed by atoms with Crippen LogP contribution in [0.1, 0.15) is 17.5 Å². The molecular formula is C14H22N2OS. The summed E-state index contributed by atoms with van der Waals surface area (Å²) in [5.41, 5.74) is 8.32. The van der Waals surface area contributed by atoms with Crippen molar-refractivity contribution in [1.29, 1.82) is 0 Å². The maximum absolute atomic E-state index is 11.7. The van der Waals surface area contributed by atoms with Crippen LogP contribution in [0.5, 0.6) is 0 Å². The number of benzene rings is 1. The van der Waals surface area contributed by atoms with Crippen LogP contribution in [0, 0.1) is 6.92 Å². The highest BCUT2D eigenvalue weighted by Gasteiger charge is 2.11. The molecule has 0 heterocycles. The van der Waals surface area contributed by atoms with Gasteiger partial charge in [-0.1, -0.05) is 24.3 Å². The molecule has 1 rings (SSSR count). The molecule has 4 heteroatoms. The zero-order valence-electron chi connectivity index (χ0n) is 11.1.